The predicted octanol–water partition coefficient (Wildman–Crippen LogP) is 4.23. The second kappa shape index (κ2) is 5.10. The summed E-state index contributed by atoms with van der Waals surface area (Å²) in [6.45, 7) is 3.29. The van der Waals surface area contributed by atoms with Gasteiger partial charge in [-0.1, -0.05) is 25.8 Å². The maximum absolute atomic E-state index is 9.21. The highest BCUT2D eigenvalue weighted by molar-refractivity contribution is 6.16. The van der Waals surface area contributed by atoms with Crippen molar-refractivity contribution >= 4 is 22.6 Å². The predicted molar refractivity (Wildman–Crippen MR) is 80.6 cm³/mol. The Labute approximate surface area is 124 Å². The van der Waals surface area contributed by atoms with Crippen molar-refractivity contribution in [2.24, 2.45) is 5.41 Å². The van der Waals surface area contributed by atoms with Crippen molar-refractivity contribution in [3.05, 3.63) is 29.6 Å². The molecule has 0 spiro atoms. The number of nitrogens with zero attached hydrogens (tertiary/aromatic N) is 3. The molecule has 104 valence electrons. The van der Waals surface area contributed by atoms with Crippen LogP contribution in [0.25, 0.3) is 11.0 Å². The maximum atomic E-state index is 9.21. The molecule has 0 N–H and O–H groups in total. The van der Waals surface area contributed by atoms with Gasteiger partial charge in [0.2, 0.25) is 0 Å². The van der Waals surface area contributed by atoms with Gasteiger partial charge in [-0.3, -0.25) is 0 Å². The van der Waals surface area contributed by atoms with Gasteiger partial charge in [0, 0.05) is 6.54 Å². The fourth-order valence-corrected chi connectivity index (χ4v) is 3.54. The van der Waals surface area contributed by atoms with Gasteiger partial charge in [0.15, 0.2) is 0 Å². The summed E-state index contributed by atoms with van der Waals surface area (Å²) in [6, 6.07) is 8.00. The highest BCUT2D eigenvalue weighted by Gasteiger charge is 2.30. The zero-order valence-electron chi connectivity index (χ0n) is 11.7. The summed E-state index contributed by atoms with van der Waals surface area (Å²) < 4.78 is 2.22. The molecule has 1 aromatic heterocycles. The zero-order chi connectivity index (χ0) is 14.2. The summed E-state index contributed by atoms with van der Waals surface area (Å²) in [6.07, 6.45) is 5.13. The van der Waals surface area contributed by atoms with E-state index in [1.54, 1.807) is 0 Å². The van der Waals surface area contributed by atoms with E-state index >= 15 is 0 Å². The van der Waals surface area contributed by atoms with E-state index in [9.17, 15) is 5.26 Å². The molecule has 1 aliphatic carbocycles. The lowest BCUT2D eigenvalue weighted by atomic mass is 9.88. The van der Waals surface area contributed by atoms with Crippen molar-refractivity contribution in [1.29, 1.82) is 5.26 Å². The fourth-order valence-electron chi connectivity index (χ4n) is 3.33. The minimum Gasteiger partial charge on any atom is -0.326 e. The van der Waals surface area contributed by atoms with E-state index in [1.807, 2.05) is 18.2 Å². The molecule has 1 aliphatic rings. The third-order valence-corrected chi connectivity index (χ3v) is 4.69. The molecular formula is C16H18ClN3. The first-order valence-corrected chi connectivity index (χ1v) is 7.64. The highest BCUT2D eigenvalue weighted by Crippen LogP contribution is 2.40. The average Bonchev–Trinajstić information content (AvgIpc) is 3.03. The van der Waals surface area contributed by atoms with Gasteiger partial charge in [0.1, 0.15) is 17.4 Å². The summed E-state index contributed by atoms with van der Waals surface area (Å²) in [5.41, 5.74) is 2.78. The van der Waals surface area contributed by atoms with Gasteiger partial charge in [-0.25, -0.2) is 4.98 Å². The Kier molecular flexibility index (Phi) is 3.43. The molecule has 0 atom stereocenters. The van der Waals surface area contributed by atoms with Crippen molar-refractivity contribution in [3.63, 3.8) is 0 Å². The minimum atomic E-state index is 0.330. The van der Waals surface area contributed by atoms with E-state index < -0.39 is 0 Å². The molecule has 0 bridgehead atoms. The summed E-state index contributed by atoms with van der Waals surface area (Å²) >= 11 is 6.06. The van der Waals surface area contributed by atoms with E-state index in [2.05, 4.69) is 22.5 Å². The number of hydrogen-bond donors (Lipinski definition) is 0. The molecule has 3 rings (SSSR count). The lowest BCUT2D eigenvalue weighted by Gasteiger charge is -2.25. The lowest BCUT2D eigenvalue weighted by molar-refractivity contribution is 0.282. The molecule has 0 amide bonds. The largest absolute Gasteiger partial charge is 0.326 e. The van der Waals surface area contributed by atoms with Crippen LogP contribution in [0.5, 0.6) is 0 Å². The topological polar surface area (TPSA) is 41.6 Å². The van der Waals surface area contributed by atoms with Crippen LogP contribution < -0.4 is 0 Å². The van der Waals surface area contributed by atoms with Crippen LogP contribution in [0.15, 0.2) is 18.2 Å². The van der Waals surface area contributed by atoms with Crippen molar-refractivity contribution in [1.82, 2.24) is 9.55 Å². The van der Waals surface area contributed by atoms with Crippen LogP contribution in [-0.4, -0.2) is 9.55 Å². The molecule has 1 saturated carbocycles. The molecular weight excluding hydrogens is 270 g/mol. The number of para-hydroxylation sites is 1. The summed E-state index contributed by atoms with van der Waals surface area (Å²) in [5.74, 6) is 1.26. The molecule has 1 heterocycles. The Hall–Kier alpha value is -1.53. The molecule has 20 heavy (non-hydrogen) atoms. The smallest absolute Gasteiger partial charge is 0.124 e. The summed E-state index contributed by atoms with van der Waals surface area (Å²) in [5, 5.41) is 9.21. The SMILES string of the molecule is CC1(Cn2c(CCl)nc3c(C#N)cccc32)CCCC1. The van der Waals surface area contributed by atoms with Crippen molar-refractivity contribution in [2.75, 3.05) is 0 Å². The Morgan fingerprint density at radius 3 is 2.80 bits per heavy atom. The van der Waals surface area contributed by atoms with Gasteiger partial charge < -0.3 is 4.57 Å². The van der Waals surface area contributed by atoms with Crippen molar-refractivity contribution < 1.29 is 0 Å². The molecule has 0 unspecified atom stereocenters. The summed E-state index contributed by atoms with van der Waals surface area (Å²) in [4.78, 5) is 4.58. The fraction of sp³-hybridized carbons (Fsp3) is 0.500. The Bertz CT molecular complexity index is 675. The number of nitriles is 1. The van der Waals surface area contributed by atoms with E-state index in [-0.39, 0.29) is 0 Å². The maximum Gasteiger partial charge on any atom is 0.124 e. The van der Waals surface area contributed by atoms with Gasteiger partial charge >= 0.3 is 0 Å². The first-order chi connectivity index (χ1) is 9.67. The van der Waals surface area contributed by atoms with Gasteiger partial charge in [-0.05, 0) is 30.4 Å². The van der Waals surface area contributed by atoms with E-state index in [4.69, 9.17) is 11.6 Å². The number of alkyl halides is 1. The van der Waals surface area contributed by atoms with Crippen molar-refractivity contribution in [2.45, 2.75) is 45.0 Å². The number of aromatic nitrogens is 2. The number of rotatable bonds is 3. The van der Waals surface area contributed by atoms with Crippen LogP contribution in [-0.2, 0) is 12.4 Å². The van der Waals surface area contributed by atoms with Crippen LogP contribution in [0.3, 0.4) is 0 Å². The second-order valence-electron chi connectivity index (χ2n) is 6.05. The van der Waals surface area contributed by atoms with Gasteiger partial charge in [-0.15, -0.1) is 11.6 Å². The third kappa shape index (κ3) is 2.19. The van der Waals surface area contributed by atoms with Gasteiger partial charge in [0.05, 0.1) is 17.0 Å². The van der Waals surface area contributed by atoms with Gasteiger partial charge in [-0.2, -0.15) is 5.26 Å². The highest BCUT2D eigenvalue weighted by atomic mass is 35.5. The van der Waals surface area contributed by atoms with E-state index in [0.717, 1.165) is 23.4 Å². The van der Waals surface area contributed by atoms with Crippen LogP contribution >= 0.6 is 11.6 Å². The quantitative estimate of drug-likeness (QED) is 0.793. The lowest BCUT2D eigenvalue weighted by Crippen LogP contribution is -2.20. The summed E-state index contributed by atoms with van der Waals surface area (Å²) in [7, 11) is 0. The van der Waals surface area contributed by atoms with Gasteiger partial charge in [0.25, 0.3) is 0 Å². The number of benzene rings is 1. The van der Waals surface area contributed by atoms with Crippen molar-refractivity contribution in [3.8, 4) is 6.07 Å². The second-order valence-corrected chi connectivity index (χ2v) is 6.32. The Morgan fingerprint density at radius 1 is 1.40 bits per heavy atom. The zero-order valence-corrected chi connectivity index (χ0v) is 12.5. The number of imidazole rings is 1. The average molecular weight is 288 g/mol. The minimum absolute atomic E-state index is 0.330. The van der Waals surface area contributed by atoms with E-state index in [0.29, 0.717) is 16.9 Å². The molecule has 0 saturated heterocycles. The number of halogens is 1. The van der Waals surface area contributed by atoms with Crippen LogP contribution in [0.2, 0.25) is 0 Å². The monoisotopic (exact) mass is 287 g/mol. The van der Waals surface area contributed by atoms with E-state index in [1.165, 1.54) is 25.7 Å². The first kappa shape index (κ1) is 13.5. The molecule has 1 fully saturated rings. The van der Waals surface area contributed by atoms with Crippen LogP contribution in [0, 0.1) is 16.7 Å². The number of fused-ring (bicyclic) bond motifs is 1. The molecule has 1 aromatic carbocycles. The molecule has 0 aliphatic heterocycles. The van der Waals surface area contributed by atoms with Crippen LogP contribution in [0.4, 0.5) is 0 Å². The Morgan fingerprint density at radius 2 is 2.15 bits per heavy atom. The van der Waals surface area contributed by atoms with Crippen LogP contribution in [0.1, 0.15) is 44.0 Å². The number of hydrogen-bond acceptors (Lipinski definition) is 2. The standard InChI is InChI=1S/C16H18ClN3/c1-16(7-2-3-8-16)11-20-13-6-4-5-12(10-18)15(13)19-14(20)9-17/h4-6H,2-3,7-9,11H2,1H3. The molecule has 4 heteroatoms. The molecule has 0 radical (unpaired) electrons. The first-order valence-electron chi connectivity index (χ1n) is 7.11. The third-order valence-electron chi connectivity index (χ3n) is 4.45. The molecule has 3 nitrogen and oxygen atoms in total. The Balaban J connectivity index is 2.11. The molecule has 2 aromatic rings. The normalized spacial score (nSPS) is 17.4.